The molecule has 1 aromatic rings. The van der Waals surface area contributed by atoms with Crippen LogP contribution in [0.2, 0.25) is 0 Å². The van der Waals surface area contributed by atoms with Gasteiger partial charge >= 0.3 is 7.12 Å². The molecule has 0 radical (unpaired) electrons. The first-order chi connectivity index (χ1) is 8.70. The third kappa shape index (κ3) is 3.33. The van der Waals surface area contributed by atoms with Gasteiger partial charge in [-0.1, -0.05) is 31.2 Å². The van der Waals surface area contributed by atoms with Crippen LogP contribution in [0.15, 0.2) is 24.3 Å². The number of morpholine rings is 1. The average molecular weight is 249 g/mol. The van der Waals surface area contributed by atoms with Gasteiger partial charge in [0.2, 0.25) is 0 Å². The molecule has 1 aromatic carbocycles. The van der Waals surface area contributed by atoms with E-state index in [-0.39, 0.29) is 0 Å². The van der Waals surface area contributed by atoms with Crippen LogP contribution in [-0.2, 0) is 11.3 Å². The summed E-state index contributed by atoms with van der Waals surface area (Å²) >= 11 is 0. The van der Waals surface area contributed by atoms with Crippen molar-refractivity contribution in [1.29, 1.82) is 0 Å². The highest BCUT2D eigenvalue weighted by atomic mass is 16.5. The minimum Gasteiger partial charge on any atom is -0.423 e. The third-order valence-corrected chi connectivity index (χ3v) is 3.46. The highest BCUT2D eigenvalue weighted by Gasteiger charge is 2.21. The Labute approximate surface area is 108 Å². The molecular weight excluding hydrogens is 229 g/mol. The van der Waals surface area contributed by atoms with Gasteiger partial charge in [0.25, 0.3) is 0 Å². The molecule has 1 aliphatic rings. The smallest absolute Gasteiger partial charge is 0.423 e. The molecule has 0 spiro atoms. The molecule has 1 saturated heterocycles. The van der Waals surface area contributed by atoms with Gasteiger partial charge in [-0.2, -0.15) is 0 Å². The molecule has 0 aromatic heterocycles. The fraction of sp³-hybridized carbons (Fsp3) is 0.538. The average Bonchev–Trinajstić information content (AvgIpc) is 2.39. The summed E-state index contributed by atoms with van der Waals surface area (Å²) in [6.07, 6.45) is 1.07. The summed E-state index contributed by atoms with van der Waals surface area (Å²) in [5.74, 6) is 0. The predicted octanol–water partition coefficient (Wildman–Crippen LogP) is -0.0228. The van der Waals surface area contributed by atoms with E-state index in [0.29, 0.717) is 11.5 Å². The van der Waals surface area contributed by atoms with Crippen LogP contribution in [0, 0.1) is 0 Å². The van der Waals surface area contributed by atoms with Crippen molar-refractivity contribution >= 4 is 12.6 Å². The van der Waals surface area contributed by atoms with Crippen molar-refractivity contribution < 1.29 is 14.8 Å². The summed E-state index contributed by atoms with van der Waals surface area (Å²) in [4.78, 5) is 2.40. The highest BCUT2D eigenvalue weighted by molar-refractivity contribution is 6.58. The molecule has 0 saturated carbocycles. The van der Waals surface area contributed by atoms with E-state index in [1.54, 1.807) is 6.07 Å². The van der Waals surface area contributed by atoms with Crippen LogP contribution >= 0.6 is 0 Å². The molecule has 1 heterocycles. The number of benzene rings is 1. The van der Waals surface area contributed by atoms with E-state index in [1.807, 2.05) is 18.2 Å². The lowest BCUT2D eigenvalue weighted by atomic mass is 9.79. The van der Waals surface area contributed by atoms with Crippen molar-refractivity contribution in [2.24, 2.45) is 0 Å². The summed E-state index contributed by atoms with van der Waals surface area (Å²) in [7, 11) is -1.39. The zero-order valence-corrected chi connectivity index (χ0v) is 10.7. The van der Waals surface area contributed by atoms with Crippen molar-refractivity contribution in [3.05, 3.63) is 29.8 Å². The number of hydrogen-bond donors (Lipinski definition) is 2. The normalized spacial score (nSPS) is 20.9. The molecule has 1 fully saturated rings. The Morgan fingerprint density at radius 3 is 3.00 bits per heavy atom. The fourth-order valence-corrected chi connectivity index (χ4v) is 2.36. The molecular formula is C13H20BNO3. The summed E-state index contributed by atoms with van der Waals surface area (Å²) in [6.45, 7) is 5.50. The van der Waals surface area contributed by atoms with E-state index in [9.17, 15) is 10.0 Å². The summed E-state index contributed by atoms with van der Waals surface area (Å²) < 4.78 is 5.48. The SMILES string of the molecule is CCC1COCCN1Cc1cccc(B(O)O)c1. The Bertz CT molecular complexity index is 386. The van der Waals surface area contributed by atoms with Gasteiger partial charge in [0.1, 0.15) is 0 Å². The molecule has 4 nitrogen and oxygen atoms in total. The second-order valence-electron chi connectivity index (χ2n) is 4.73. The van der Waals surface area contributed by atoms with Crippen LogP contribution in [0.5, 0.6) is 0 Å². The maximum absolute atomic E-state index is 9.17. The minimum atomic E-state index is -1.39. The van der Waals surface area contributed by atoms with E-state index in [4.69, 9.17) is 4.74 Å². The lowest BCUT2D eigenvalue weighted by molar-refractivity contribution is -0.0127. The van der Waals surface area contributed by atoms with Crippen molar-refractivity contribution in [2.75, 3.05) is 19.8 Å². The first-order valence-corrected chi connectivity index (χ1v) is 6.47. The first-order valence-electron chi connectivity index (χ1n) is 6.47. The van der Waals surface area contributed by atoms with Gasteiger partial charge in [-0.05, 0) is 17.4 Å². The minimum absolute atomic E-state index is 0.460. The number of nitrogens with zero attached hydrogens (tertiary/aromatic N) is 1. The van der Waals surface area contributed by atoms with Crippen LogP contribution in [0.25, 0.3) is 0 Å². The molecule has 2 rings (SSSR count). The van der Waals surface area contributed by atoms with E-state index >= 15 is 0 Å². The van der Waals surface area contributed by atoms with Crippen LogP contribution in [0.3, 0.4) is 0 Å². The van der Waals surface area contributed by atoms with Gasteiger partial charge in [-0.15, -0.1) is 0 Å². The molecule has 18 heavy (non-hydrogen) atoms. The standard InChI is InChI=1S/C13H20BNO3/c1-2-13-10-18-7-6-15(13)9-11-4-3-5-12(8-11)14(16)17/h3-5,8,13,16-17H,2,6-7,9-10H2,1H3. The second-order valence-corrected chi connectivity index (χ2v) is 4.73. The van der Waals surface area contributed by atoms with Gasteiger partial charge in [0.05, 0.1) is 13.2 Å². The summed E-state index contributed by atoms with van der Waals surface area (Å²) in [5.41, 5.74) is 1.66. The molecule has 0 amide bonds. The molecule has 5 heteroatoms. The van der Waals surface area contributed by atoms with Crippen LogP contribution in [-0.4, -0.2) is 47.9 Å². The molecule has 2 N–H and O–H groups in total. The second kappa shape index (κ2) is 6.34. The Morgan fingerprint density at radius 2 is 2.28 bits per heavy atom. The van der Waals surface area contributed by atoms with Crippen LogP contribution in [0.4, 0.5) is 0 Å². The van der Waals surface area contributed by atoms with Gasteiger partial charge < -0.3 is 14.8 Å². The number of rotatable bonds is 4. The zero-order valence-electron chi connectivity index (χ0n) is 10.7. The van der Waals surface area contributed by atoms with Crippen molar-refractivity contribution in [1.82, 2.24) is 4.90 Å². The summed E-state index contributed by atoms with van der Waals surface area (Å²) in [6, 6.07) is 7.93. The van der Waals surface area contributed by atoms with Crippen molar-refractivity contribution in [3.63, 3.8) is 0 Å². The third-order valence-electron chi connectivity index (χ3n) is 3.46. The quantitative estimate of drug-likeness (QED) is 0.736. The van der Waals surface area contributed by atoms with Gasteiger partial charge in [0, 0.05) is 19.1 Å². The van der Waals surface area contributed by atoms with Gasteiger partial charge in [-0.25, -0.2) is 0 Å². The Kier molecular flexibility index (Phi) is 4.77. The number of ether oxygens (including phenoxy) is 1. The Balaban J connectivity index is 2.05. The maximum atomic E-state index is 9.17. The van der Waals surface area contributed by atoms with Gasteiger partial charge in [-0.3, -0.25) is 4.90 Å². The molecule has 1 aliphatic heterocycles. The first kappa shape index (κ1) is 13.6. The van der Waals surface area contributed by atoms with E-state index < -0.39 is 7.12 Å². The largest absolute Gasteiger partial charge is 0.488 e. The molecule has 0 bridgehead atoms. The Morgan fingerprint density at radius 1 is 1.44 bits per heavy atom. The molecule has 0 aliphatic carbocycles. The van der Waals surface area contributed by atoms with E-state index in [2.05, 4.69) is 11.8 Å². The molecule has 98 valence electrons. The van der Waals surface area contributed by atoms with Crippen molar-refractivity contribution in [3.8, 4) is 0 Å². The fourth-order valence-electron chi connectivity index (χ4n) is 2.36. The van der Waals surface area contributed by atoms with Gasteiger partial charge in [0.15, 0.2) is 0 Å². The molecule has 1 atom stereocenters. The zero-order chi connectivity index (χ0) is 13.0. The lowest BCUT2D eigenvalue weighted by Crippen LogP contribution is -2.44. The topological polar surface area (TPSA) is 52.9 Å². The highest BCUT2D eigenvalue weighted by Crippen LogP contribution is 2.14. The lowest BCUT2D eigenvalue weighted by Gasteiger charge is -2.35. The van der Waals surface area contributed by atoms with E-state index in [1.165, 1.54) is 0 Å². The van der Waals surface area contributed by atoms with Crippen LogP contribution in [0.1, 0.15) is 18.9 Å². The maximum Gasteiger partial charge on any atom is 0.488 e. The number of hydrogen-bond acceptors (Lipinski definition) is 4. The molecule has 1 unspecified atom stereocenters. The Hall–Kier alpha value is -0.875. The summed E-state index contributed by atoms with van der Waals surface area (Å²) in [5, 5.41) is 18.3. The van der Waals surface area contributed by atoms with Crippen molar-refractivity contribution in [2.45, 2.75) is 25.9 Å². The van der Waals surface area contributed by atoms with Crippen LogP contribution < -0.4 is 5.46 Å². The van der Waals surface area contributed by atoms with E-state index in [0.717, 1.165) is 38.3 Å². The monoisotopic (exact) mass is 249 g/mol. The predicted molar refractivity (Wildman–Crippen MR) is 71.6 cm³/mol.